The molecule has 0 aliphatic heterocycles. The predicted molar refractivity (Wildman–Crippen MR) is 109 cm³/mol. The number of nitrogens with zero attached hydrogens (tertiary/aromatic N) is 1. The zero-order valence-corrected chi connectivity index (χ0v) is 15.8. The maximum atomic E-state index is 9.56. The molecular formula is C20H22N4O2S. The molecule has 0 bridgehead atoms. The van der Waals surface area contributed by atoms with E-state index in [0.717, 1.165) is 23.6 Å². The number of benzene rings is 2. The zero-order valence-electron chi connectivity index (χ0n) is 15.0. The number of amidine groups is 1. The van der Waals surface area contributed by atoms with Gasteiger partial charge in [0.05, 0.1) is 17.9 Å². The number of aliphatic hydroxyl groups excluding tert-OH is 1. The van der Waals surface area contributed by atoms with Crippen LogP contribution < -0.4 is 15.8 Å². The Morgan fingerprint density at radius 3 is 2.44 bits per heavy atom. The Hall–Kier alpha value is -2.90. The summed E-state index contributed by atoms with van der Waals surface area (Å²) in [5.41, 5.74) is 7.85. The first-order valence-corrected chi connectivity index (χ1v) is 9.44. The minimum absolute atomic E-state index is 0.0223. The first kappa shape index (κ1) is 18.9. The molecule has 0 aliphatic carbocycles. The number of hydrogen-bond donors (Lipinski definition) is 4. The smallest absolute Gasteiger partial charge is 0.127 e. The molecule has 0 aliphatic rings. The van der Waals surface area contributed by atoms with Crippen LogP contribution in [0, 0.1) is 5.41 Å². The summed E-state index contributed by atoms with van der Waals surface area (Å²) in [5.74, 6) is 1.32. The lowest BCUT2D eigenvalue weighted by Crippen LogP contribution is -2.17. The maximum absolute atomic E-state index is 9.56. The van der Waals surface area contributed by atoms with Gasteiger partial charge in [-0.2, -0.15) is 4.37 Å². The van der Waals surface area contributed by atoms with Gasteiger partial charge < -0.3 is 20.9 Å². The van der Waals surface area contributed by atoms with E-state index in [1.807, 2.05) is 61.5 Å². The van der Waals surface area contributed by atoms with Crippen molar-refractivity contribution in [3.8, 4) is 11.5 Å². The standard InChI is InChI=1S/C20H22N4O2S/c1-2-13(12-25)18-17(19(21)22)20(27-24-18)23-14-8-10-16(11-9-14)26-15-6-4-3-5-7-15/h3-11,13,23,25H,2,12H2,1H3,(H3,21,22)/t13-/m1/s1. The Balaban J connectivity index is 1.78. The van der Waals surface area contributed by atoms with E-state index in [1.54, 1.807) is 0 Å². The van der Waals surface area contributed by atoms with Gasteiger partial charge in [0.15, 0.2) is 0 Å². The average Bonchev–Trinajstić information content (AvgIpc) is 3.09. The molecule has 0 saturated heterocycles. The molecule has 140 valence electrons. The van der Waals surface area contributed by atoms with Gasteiger partial charge in [-0.1, -0.05) is 25.1 Å². The summed E-state index contributed by atoms with van der Waals surface area (Å²) in [7, 11) is 0. The van der Waals surface area contributed by atoms with E-state index in [0.29, 0.717) is 16.3 Å². The predicted octanol–water partition coefficient (Wildman–Crippen LogP) is 4.45. The van der Waals surface area contributed by atoms with Crippen molar-refractivity contribution in [2.24, 2.45) is 5.73 Å². The van der Waals surface area contributed by atoms with Crippen molar-refractivity contribution in [2.75, 3.05) is 11.9 Å². The van der Waals surface area contributed by atoms with Gasteiger partial charge >= 0.3 is 0 Å². The maximum Gasteiger partial charge on any atom is 0.127 e. The molecule has 0 radical (unpaired) electrons. The minimum atomic E-state index is -0.127. The van der Waals surface area contributed by atoms with Crippen LogP contribution in [0.4, 0.5) is 10.7 Å². The summed E-state index contributed by atoms with van der Waals surface area (Å²) in [6.07, 6.45) is 0.728. The molecule has 0 fully saturated rings. The second kappa shape index (κ2) is 8.66. The summed E-state index contributed by atoms with van der Waals surface area (Å²) in [6, 6.07) is 17.1. The van der Waals surface area contributed by atoms with Crippen molar-refractivity contribution in [3.63, 3.8) is 0 Å². The molecule has 27 heavy (non-hydrogen) atoms. The Bertz CT molecular complexity index is 890. The lowest BCUT2D eigenvalue weighted by Gasteiger charge is -2.12. The fraction of sp³-hybridized carbons (Fsp3) is 0.200. The van der Waals surface area contributed by atoms with Crippen LogP contribution in [0.15, 0.2) is 54.6 Å². The van der Waals surface area contributed by atoms with Gasteiger partial charge in [0.25, 0.3) is 0 Å². The molecule has 1 heterocycles. The first-order valence-electron chi connectivity index (χ1n) is 8.67. The van der Waals surface area contributed by atoms with E-state index in [9.17, 15) is 5.11 Å². The Morgan fingerprint density at radius 1 is 1.19 bits per heavy atom. The van der Waals surface area contributed by atoms with Gasteiger partial charge in [0, 0.05) is 11.6 Å². The summed E-state index contributed by atoms with van der Waals surface area (Å²) in [4.78, 5) is 0. The van der Waals surface area contributed by atoms with E-state index in [-0.39, 0.29) is 18.4 Å². The van der Waals surface area contributed by atoms with Crippen molar-refractivity contribution in [1.82, 2.24) is 4.37 Å². The third-order valence-corrected chi connectivity index (χ3v) is 4.96. The number of ether oxygens (including phenoxy) is 1. The zero-order chi connectivity index (χ0) is 19.2. The van der Waals surface area contributed by atoms with Gasteiger partial charge in [-0.3, -0.25) is 5.41 Å². The highest BCUT2D eigenvalue weighted by molar-refractivity contribution is 7.10. The third kappa shape index (κ3) is 4.45. The largest absolute Gasteiger partial charge is 0.457 e. The molecule has 0 spiro atoms. The van der Waals surface area contributed by atoms with Crippen LogP contribution in [0.2, 0.25) is 0 Å². The summed E-state index contributed by atoms with van der Waals surface area (Å²) < 4.78 is 10.2. The van der Waals surface area contributed by atoms with Crippen molar-refractivity contribution < 1.29 is 9.84 Å². The van der Waals surface area contributed by atoms with Gasteiger partial charge in [0.2, 0.25) is 0 Å². The number of para-hydroxylation sites is 1. The number of hydrogen-bond acceptors (Lipinski definition) is 6. The minimum Gasteiger partial charge on any atom is -0.457 e. The molecule has 0 saturated carbocycles. The molecule has 6 nitrogen and oxygen atoms in total. The number of nitrogens with one attached hydrogen (secondary N) is 2. The van der Waals surface area contributed by atoms with Crippen molar-refractivity contribution in [2.45, 2.75) is 19.3 Å². The number of nitrogen functional groups attached to an aromatic ring is 1. The van der Waals surface area contributed by atoms with Crippen molar-refractivity contribution in [1.29, 1.82) is 5.41 Å². The van der Waals surface area contributed by atoms with Crippen LogP contribution in [0.5, 0.6) is 11.5 Å². The summed E-state index contributed by atoms with van der Waals surface area (Å²) >= 11 is 1.24. The highest BCUT2D eigenvalue weighted by Gasteiger charge is 2.22. The summed E-state index contributed by atoms with van der Waals surface area (Å²) in [5, 5.41) is 21.4. The monoisotopic (exact) mass is 382 g/mol. The van der Waals surface area contributed by atoms with E-state index in [1.165, 1.54) is 11.5 Å². The molecule has 3 aromatic rings. The highest BCUT2D eigenvalue weighted by atomic mass is 32.1. The van der Waals surface area contributed by atoms with Gasteiger partial charge in [0.1, 0.15) is 22.3 Å². The van der Waals surface area contributed by atoms with Crippen LogP contribution in [0.25, 0.3) is 0 Å². The number of rotatable bonds is 8. The van der Waals surface area contributed by atoms with E-state index >= 15 is 0 Å². The third-order valence-electron chi connectivity index (χ3n) is 4.18. The second-order valence-electron chi connectivity index (χ2n) is 6.04. The molecule has 2 aromatic carbocycles. The van der Waals surface area contributed by atoms with Crippen molar-refractivity contribution in [3.05, 3.63) is 65.9 Å². The Kier molecular flexibility index (Phi) is 6.05. The van der Waals surface area contributed by atoms with E-state index < -0.39 is 0 Å². The van der Waals surface area contributed by atoms with Gasteiger partial charge in [-0.25, -0.2) is 0 Å². The molecule has 7 heteroatoms. The molecular weight excluding hydrogens is 360 g/mol. The normalized spacial score (nSPS) is 11.8. The number of aromatic nitrogens is 1. The van der Waals surface area contributed by atoms with Crippen LogP contribution in [-0.4, -0.2) is 21.9 Å². The van der Waals surface area contributed by atoms with Crippen LogP contribution in [0.3, 0.4) is 0 Å². The molecule has 3 rings (SSSR count). The second-order valence-corrected chi connectivity index (χ2v) is 6.81. The fourth-order valence-electron chi connectivity index (χ4n) is 2.70. The Labute approximate surface area is 162 Å². The fourth-order valence-corrected chi connectivity index (χ4v) is 3.60. The number of nitrogens with two attached hydrogens (primary N) is 1. The molecule has 5 N–H and O–H groups in total. The van der Waals surface area contributed by atoms with Crippen molar-refractivity contribution >= 4 is 28.1 Å². The number of anilines is 2. The lowest BCUT2D eigenvalue weighted by molar-refractivity contribution is 0.260. The Morgan fingerprint density at radius 2 is 1.85 bits per heavy atom. The number of aliphatic hydroxyl groups is 1. The van der Waals surface area contributed by atoms with E-state index in [2.05, 4.69) is 9.69 Å². The summed E-state index contributed by atoms with van der Waals surface area (Å²) in [6.45, 7) is 1.95. The SMILES string of the molecule is CC[C@H](CO)c1nsc(Nc2ccc(Oc3ccccc3)cc2)c1C(=N)N. The van der Waals surface area contributed by atoms with E-state index in [4.69, 9.17) is 15.9 Å². The van der Waals surface area contributed by atoms with Crippen LogP contribution in [-0.2, 0) is 0 Å². The lowest BCUT2D eigenvalue weighted by atomic mass is 9.99. The van der Waals surface area contributed by atoms with Gasteiger partial charge in [-0.05, 0) is 54.4 Å². The molecule has 0 unspecified atom stereocenters. The van der Waals surface area contributed by atoms with Gasteiger partial charge in [-0.15, -0.1) is 0 Å². The topological polar surface area (TPSA) is 104 Å². The molecule has 1 aromatic heterocycles. The first-order chi connectivity index (χ1) is 13.1. The quantitative estimate of drug-likeness (QED) is 0.340. The average molecular weight is 382 g/mol. The van der Waals surface area contributed by atoms with Crippen LogP contribution in [0.1, 0.15) is 30.5 Å². The molecule has 1 atom stereocenters. The molecule has 0 amide bonds. The highest BCUT2D eigenvalue weighted by Crippen LogP contribution is 2.33. The van der Waals surface area contributed by atoms with Crippen LogP contribution >= 0.6 is 11.5 Å².